The van der Waals surface area contributed by atoms with Crippen molar-refractivity contribution in [2.24, 2.45) is 0 Å². The van der Waals surface area contributed by atoms with Crippen molar-refractivity contribution in [1.82, 2.24) is 0 Å². The molecule has 0 amide bonds. The molecule has 0 spiro atoms. The highest BCUT2D eigenvalue weighted by Gasteiger charge is 2.65. The summed E-state index contributed by atoms with van der Waals surface area (Å²) in [7, 11) is 0. The fourth-order valence-corrected chi connectivity index (χ4v) is 4.15. The van der Waals surface area contributed by atoms with E-state index < -0.39 is 59.1 Å². The van der Waals surface area contributed by atoms with Crippen LogP contribution in [-0.4, -0.2) is 30.1 Å². The second-order valence-corrected chi connectivity index (χ2v) is 8.71. The van der Waals surface area contributed by atoms with E-state index in [4.69, 9.17) is 4.74 Å². The minimum Gasteiger partial charge on any atom is -0.458 e. The number of aryl methyl sites for hydroxylation is 1. The largest absolute Gasteiger partial charge is 0.465 e. The lowest BCUT2D eigenvalue weighted by Crippen LogP contribution is -2.46. The Balaban J connectivity index is 1.62. The zero-order valence-corrected chi connectivity index (χ0v) is 19.4. The zero-order chi connectivity index (χ0) is 27.5. The minimum atomic E-state index is -6.08. The normalized spacial score (nSPS) is 18.4. The van der Waals surface area contributed by atoms with E-state index in [1.54, 1.807) is 0 Å². The molecule has 0 radical (unpaired) electrons. The maximum absolute atomic E-state index is 14.7. The lowest BCUT2D eigenvalue weighted by atomic mass is 9.82. The van der Waals surface area contributed by atoms with Gasteiger partial charge in [-0.3, -0.25) is 0 Å². The average Bonchev–Trinajstić information content (AvgIpc) is 2.79. The van der Waals surface area contributed by atoms with E-state index in [2.05, 4.69) is 4.74 Å². The van der Waals surface area contributed by atoms with Crippen LogP contribution in [0.3, 0.4) is 0 Å². The number of alkyl halides is 5. The lowest BCUT2D eigenvalue weighted by Gasteiger charge is -2.30. The van der Waals surface area contributed by atoms with Crippen molar-refractivity contribution in [3.05, 3.63) is 64.5 Å². The molecule has 1 saturated carbocycles. The molecule has 1 aliphatic carbocycles. The number of esters is 2. The van der Waals surface area contributed by atoms with E-state index in [0.29, 0.717) is 18.4 Å². The van der Waals surface area contributed by atoms with Gasteiger partial charge in [0, 0.05) is 6.07 Å². The van der Waals surface area contributed by atoms with Gasteiger partial charge in [0.25, 0.3) is 0 Å². The third-order valence-electron chi connectivity index (χ3n) is 6.03. The summed E-state index contributed by atoms with van der Waals surface area (Å²) in [4.78, 5) is 23.6. The first-order valence-corrected chi connectivity index (χ1v) is 11.4. The number of carbonyl (C=O) groups excluding carboxylic acids is 2. The van der Waals surface area contributed by atoms with Crippen LogP contribution in [0.15, 0.2) is 30.3 Å². The van der Waals surface area contributed by atoms with Gasteiger partial charge in [0.05, 0.1) is 0 Å². The number of carbonyl (C=O) groups is 2. The molecule has 0 atom stereocenters. The van der Waals surface area contributed by atoms with Crippen molar-refractivity contribution in [1.29, 1.82) is 0 Å². The summed E-state index contributed by atoms with van der Waals surface area (Å²) in [5.74, 6) is -13.5. The first-order valence-electron chi connectivity index (χ1n) is 11.4. The minimum absolute atomic E-state index is 0.0763. The molecular formula is C25H22F8O4. The standard InChI is InChI=1S/C25H22F8O4/c1-2-3-13-10-19(27)21(20(28)11-13)22(34)36-16-8-9-17(18(26)12-16)14-4-6-15(7-5-14)37-23(35)24(29,30)25(31,32)33/h8-12,14-15H,2-7H2,1H3. The van der Waals surface area contributed by atoms with Gasteiger partial charge in [0.2, 0.25) is 0 Å². The monoisotopic (exact) mass is 538 g/mol. The molecule has 37 heavy (non-hydrogen) atoms. The maximum atomic E-state index is 14.7. The van der Waals surface area contributed by atoms with Gasteiger partial charge in [0.1, 0.15) is 34.9 Å². The molecule has 202 valence electrons. The zero-order valence-electron chi connectivity index (χ0n) is 19.4. The quantitative estimate of drug-likeness (QED) is 0.216. The van der Waals surface area contributed by atoms with Crippen LogP contribution in [0.2, 0.25) is 0 Å². The van der Waals surface area contributed by atoms with E-state index in [1.807, 2.05) is 6.92 Å². The van der Waals surface area contributed by atoms with Crippen LogP contribution >= 0.6 is 0 Å². The summed E-state index contributed by atoms with van der Waals surface area (Å²) in [6, 6.07) is 5.34. The Kier molecular flexibility index (Phi) is 8.49. The third kappa shape index (κ3) is 6.40. The number of hydrogen-bond donors (Lipinski definition) is 0. The molecule has 0 bridgehead atoms. The Bertz CT molecular complexity index is 1130. The number of hydrogen-bond acceptors (Lipinski definition) is 4. The smallest absolute Gasteiger partial charge is 0.458 e. The summed E-state index contributed by atoms with van der Waals surface area (Å²) < 4.78 is 116. The Morgan fingerprint density at radius 3 is 2.00 bits per heavy atom. The Labute approximate surface area is 206 Å². The lowest BCUT2D eigenvalue weighted by molar-refractivity contribution is -0.282. The van der Waals surface area contributed by atoms with Gasteiger partial charge in [-0.15, -0.1) is 0 Å². The first kappa shape index (κ1) is 28.4. The van der Waals surface area contributed by atoms with Gasteiger partial charge in [0.15, 0.2) is 0 Å². The maximum Gasteiger partial charge on any atom is 0.465 e. The molecule has 1 fully saturated rings. The third-order valence-corrected chi connectivity index (χ3v) is 6.03. The van der Waals surface area contributed by atoms with Crippen LogP contribution in [0.5, 0.6) is 5.75 Å². The van der Waals surface area contributed by atoms with Crippen LogP contribution in [0.1, 0.15) is 66.4 Å². The Morgan fingerprint density at radius 2 is 1.49 bits per heavy atom. The number of ether oxygens (including phenoxy) is 2. The molecule has 0 heterocycles. The highest BCUT2D eigenvalue weighted by atomic mass is 19.4. The van der Waals surface area contributed by atoms with Gasteiger partial charge < -0.3 is 9.47 Å². The van der Waals surface area contributed by atoms with Crippen molar-refractivity contribution < 1.29 is 54.2 Å². The fraction of sp³-hybridized carbons (Fsp3) is 0.440. The van der Waals surface area contributed by atoms with Crippen molar-refractivity contribution in [3.63, 3.8) is 0 Å². The van der Waals surface area contributed by atoms with Gasteiger partial charge in [-0.1, -0.05) is 19.4 Å². The summed E-state index contributed by atoms with van der Waals surface area (Å²) in [6.07, 6.45) is -6.15. The van der Waals surface area contributed by atoms with Crippen molar-refractivity contribution in [3.8, 4) is 5.75 Å². The summed E-state index contributed by atoms with van der Waals surface area (Å²) in [5.41, 5.74) is -0.414. The van der Waals surface area contributed by atoms with Crippen molar-refractivity contribution in [2.75, 3.05) is 0 Å². The molecule has 0 saturated heterocycles. The molecule has 3 rings (SSSR count). The highest BCUT2D eigenvalue weighted by molar-refractivity contribution is 5.91. The molecule has 0 aromatic heterocycles. The van der Waals surface area contributed by atoms with Gasteiger partial charge >= 0.3 is 24.0 Å². The molecule has 0 N–H and O–H groups in total. The predicted molar refractivity (Wildman–Crippen MR) is 114 cm³/mol. The van der Waals surface area contributed by atoms with Gasteiger partial charge in [-0.2, -0.15) is 22.0 Å². The average molecular weight is 538 g/mol. The second kappa shape index (κ2) is 11.1. The summed E-state index contributed by atoms with van der Waals surface area (Å²) >= 11 is 0. The van der Waals surface area contributed by atoms with Crippen molar-refractivity contribution in [2.45, 2.75) is 69.6 Å². The second-order valence-electron chi connectivity index (χ2n) is 8.71. The highest BCUT2D eigenvalue weighted by Crippen LogP contribution is 2.40. The van der Waals surface area contributed by atoms with E-state index in [9.17, 15) is 44.7 Å². The van der Waals surface area contributed by atoms with E-state index in [-0.39, 0.29) is 37.0 Å². The van der Waals surface area contributed by atoms with E-state index in [1.165, 1.54) is 12.1 Å². The Morgan fingerprint density at radius 1 is 0.892 bits per heavy atom. The molecular weight excluding hydrogens is 516 g/mol. The molecule has 0 aliphatic heterocycles. The predicted octanol–water partition coefficient (Wildman–Crippen LogP) is 7.04. The van der Waals surface area contributed by atoms with Crippen molar-refractivity contribution >= 4 is 11.9 Å². The van der Waals surface area contributed by atoms with Gasteiger partial charge in [-0.25, -0.2) is 22.8 Å². The SMILES string of the molecule is CCCc1cc(F)c(C(=O)Oc2ccc(C3CCC(OC(=O)C(F)(F)C(F)(F)F)CC3)c(F)c2)c(F)c1. The topological polar surface area (TPSA) is 52.6 Å². The molecule has 0 unspecified atom stereocenters. The van der Waals surface area contributed by atoms with Crippen LogP contribution in [0, 0.1) is 17.5 Å². The molecule has 1 aliphatic rings. The van der Waals surface area contributed by atoms with Crippen LogP contribution in [-0.2, 0) is 16.0 Å². The summed E-state index contributed by atoms with van der Waals surface area (Å²) in [6.45, 7) is 1.82. The molecule has 12 heteroatoms. The molecule has 4 nitrogen and oxygen atoms in total. The number of benzene rings is 2. The van der Waals surface area contributed by atoms with E-state index >= 15 is 0 Å². The first-order chi connectivity index (χ1) is 17.2. The van der Waals surface area contributed by atoms with Crippen LogP contribution < -0.4 is 4.74 Å². The summed E-state index contributed by atoms with van der Waals surface area (Å²) in [5, 5.41) is 0. The number of halogens is 8. The van der Waals surface area contributed by atoms with Gasteiger partial charge in [-0.05, 0) is 67.3 Å². The van der Waals surface area contributed by atoms with Crippen LogP contribution in [0.25, 0.3) is 0 Å². The molecule has 2 aromatic carbocycles. The fourth-order valence-electron chi connectivity index (χ4n) is 4.15. The Hall–Kier alpha value is -3.18. The number of rotatable bonds is 7. The van der Waals surface area contributed by atoms with Crippen LogP contribution in [0.4, 0.5) is 35.1 Å². The van der Waals surface area contributed by atoms with E-state index in [0.717, 1.165) is 18.2 Å². The molecule has 2 aromatic rings.